The number of ether oxygens (including phenoxy) is 2. The Morgan fingerprint density at radius 3 is 2.88 bits per heavy atom. The monoisotopic (exact) mass is 441 g/mol. The Kier molecular flexibility index (Phi) is 5.53. The second kappa shape index (κ2) is 8.35. The first kappa shape index (κ1) is 21.2. The number of aliphatic hydroxyl groups is 2. The highest BCUT2D eigenvalue weighted by Gasteiger charge is 2.45. The van der Waals surface area contributed by atoms with Crippen LogP contribution in [0.5, 0.6) is 11.5 Å². The standard InChI is InChI=1S/C24H28FN3O4/c1-3-31-19-11-18(16-12-26-7-5-15(16)21(19)25)32-20-10-17(22(29)23(20)30)28-9-6-14-13(2)4-8-27-24(14)28/h4,6,8-9,11,17,20,22-23,26,29-30H,3,5,7,10,12H2,1-2H3. The van der Waals surface area contributed by atoms with Crippen LogP contribution < -0.4 is 14.8 Å². The number of pyridine rings is 1. The maximum atomic E-state index is 14.9. The van der Waals surface area contributed by atoms with E-state index in [0.717, 1.165) is 22.2 Å². The third-order valence-corrected chi connectivity index (χ3v) is 6.63. The van der Waals surface area contributed by atoms with Crippen LogP contribution in [-0.2, 0) is 13.0 Å². The number of halogens is 1. The molecule has 0 radical (unpaired) electrons. The van der Waals surface area contributed by atoms with Crippen LogP contribution in [0.25, 0.3) is 11.0 Å². The molecule has 2 aliphatic rings. The third kappa shape index (κ3) is 3.43. The van der Waals surface area contributed by atoms with Crippen LogP contribution in [0.4, 0.5) is 4.39 Å². The fourth-order valence-electron chi connectivity index (χ4n) is 4.93. The molecule has 3 aromatic rings. The fraction of sp³-hybridized carbons (Fsp3) is 0.458. The van der Waals surface area contributed by atoms with Gasteiger partial charge < -0.3 is 29.6 Å². The van der Waals surface area contributed by atoms with Gasteiger partial charge in [0.15, 0.2) is 11.6 Å². The summed E-state index contributed by atoms with van der Waals surface area (Å²) in [6, 6.07) is 5.09. The zero-order chi connectivity index (χ0) is 22.4. The van der Waals surface area contributed by atoms with Crippen LogP contribution in [0.3, 0.4) is 0 Å². The second-order valence-electron chi connectivity index (χ2n) is 8.53. The SMILES string of the molecule is CCOc1cc(OC2CC(n3ccc4c(C)ccnc43)C(O)C2O)c2c(c1F)CCNC2. The molecular formula is C24H28FN3O4. The van der Waals surface area contributed by atoms with Gasteiger partial charge in [0.05, 0.1) is 12.6 Å². The minimum atomic E-state index is -1.09. The van der Waals surface area contributed by atoms with Crippen molar-refractivity contribution in [3.8, 4) is 11.5 Å². The van der Waals surface area contributed by atoms with Crippen molar-refractivity contribution in [2.75, 3.05) is 13.2 Å². The van der Waals surface area contributed by atoms with Crippen molar-refractivity contribution in [1.29, 1.82) is 0 Å². The summed E-state index contributed by atoms with van der Waals surface area (Å²) in [7, 11) is 0. The summed E-state index contributed by atoms with van der Waals surface area (Å²) in [6.45, 7) is 5.32. The van der Waals surface area contributed by atoms with Gasteiger partial charge in [-0.1, -0.05) is 0 Å². The Labute approximate surface area is 185 Å². The van der Waals surface area contributed by atoms with E-state index in [0.29, 0.717) is 43.9 Å². The van der Waals surface area contributed by atoms with E-state index in [-0.39, 0.29) is 17.6 Å². The van der Waals surface area contributed by atoms with Gasteiger partial charge in [0.2, 0.25) is 0 Å². The topological polar surface area (TPSA) is 88.8 Å². The highest BCUT2D eigenvalue weighted by Crippen LogP contribution is 2.40. The molecule has 1 saturated carbocycles. The zero-order valence-corrected chi connectivity index (χ0v) is 18.2. The maximum Gasteiger partial charge on any atom is 0.168 e. The second-order valence-corrected chi connectivity index (χ2v) is 8.53. The lowest BCUT2D eigenvalue weighted by Crippen LogP contribution is -2.35. The highest BCUT2D eigenvalue weighted by atomic mass is 19.1. The van der Waals surface area contributed by atoms with E-state index in [1.807, 2.05) is 29.8 Å². The first-order chi connectivity index (χ1) is 15.5. The summed E-state index contributed by atoms with van der Waals surface area (Å²) < 4.78 is 28.5. The quantitative estimate of drug-likeness (QED) is 0.564. The first-order valence-corrected chi connectivity index (χ1v) is 11.1. The largest absolute Gasteiger partial charge is 0.491 e. The molecule has 2 aromatic heterocycles. The third-order valence-electron chi connectivity index (χ3n) is 6.63. The number of aromatic nitrogens is 2. The lowest BCUT2D eigenvalue weighted by molar-refractivity contribution is -0.0167. The summed E-state index contributed by atoms with van der Waals surface area (Å²) in [5.41, 5.74) is 3.20. The van der Waals surface area contributed by atoms with Crippen LogP contribution in [0.1, 0.15) is 36.1 Å². The van der Waals surface area contributed by atoms with Gasteiger partial charge in [-0.15, -0.1) is 0 Å². The molecule has 0 spiro atoms. The molecule has 1 aliphatic heterocycles. The molecule has 5 rings (SSSR count). The molecule has 1 fully saturated rings. The van der Waals surface area contributed by atoms with Crippen molar-refractivity contribution in [2.45, 2.75) is 57.6 Å². The smallest absolute Gasteiger partial charge is 0.168 e. The van der Waals surface area contributed by atoms with E-state index < -0.39 is 18.3 Å². The number of aliphatic hydroxyl groups excluding tert-OH is 2. The van der Waals surface area contributed by atoms with Crippen LogP contribution in [0, 0.1) is 12.7 Å². The average Bonchev–Trinajstić information content (AvgIpc) is 3.34. The van der Waals surface area contributed by atoms with Gasteiger partial charge in [-0.2, -0.15) is 0 Å². The van der Waals surface area contributed by atoms with Crippen molar-refractivity contribution in [1.82, 2.24) is 14.9 Å². The number of hydrogen-bond donors (Lipinski definition) is 3. The van der Waals surface area contributed by atoms with Gasteiger partial charge in [-0.05, 0) is 44.5 Å². The van der Waals surface area contributed by atoms with E-state index >= 15 is 0 Å². The van der Waals surface area contributed by atoms with Crippen LogP contribution in [0.15, 0.2) is 30.6 Å². The average molecular weight is 442 g/mol. The molecule has 1 aromatic carbocycles. The highest BCUT2D eigenvalue weighted by molar-refractivity contribution is 5.79. The number of aryl methyl sites for hydroxylation is 1. The predicted octanol–water partition coefficient (Wildman–Crippen LogP) is 2.64. The fourth-order valence-corrected chi connectivity index (χ4v) is 4.93. The first-order valence-electron chi connectivity index (χ1n) is 11.1. The summed E-state index contributed by atoms with van der Waals surface area (Å²) in [6.07, 6.45) is 1.82. The molecule has 1 aliphatic carbocycles. The molecule has 3 heterocycles. The van der Waals surface area contributed by atoms with Crippen molar-refractivity contribution >= 4 is 11.0 Å². The van der Waals surface area contributed by atoms with E-state index in [9.17, 15) is 14.6 Å². The van der Waals surface area contributed by atoms with Crippen LogP contribution in [0.2, 0.25) is 0 Å². The van der Waals surface area contributed by atoms with Crippen molar-refractivity contribution in [3.63, 3.8) is 0 Å². The number of fused-ring (bicyclic) bond motifs is 2. The van der Waals surface area contributed by atoms with Crippen LogP contribution >= 0.6 is 0 Å². The van der Waals surface area contributed by atoms with Gasteiger partial charge in [0.25, 0.3) is 0 Å². The van der Waals surface area contributed by atoms with Gasteiger partial charge in [-0.25, -0.2) is 9.37 Å². The molecule has 4 atom stereocenters. The van der Waals surface area contributed by atoms with E-state index in [1.165, 1.54) is 0 Å². The molecular weight excluding hydrogens is 413 g/mol. The minimum absolute atomic E-state index is 0.156. The van der Waals surface area contributed by atoms with E-state index in [1.54, 1.807) is 19.2 Å². The predicted molar refractivity (Wildman–Crippen MR) is 118 cm³/mol. The molecule has 8 heteroatoms. The van der Waals surface area contributed by atoms with E-state index in [2.05, 4.69) is 10.3 Å². The number of hydrogen-bond acceptors (Lipinski definition) is 6. The Bertz CT molecular complexity index is 1150. The molecule has 0 saturated heterocycles. The van der Waals surface area contributed by atoms with Gasteiger partial charge in [0.1, 0.15) is 29.7 Å². The Hall–Kier alpha value is -2.68. The minimum Gasteiger partial charge on any atom is -0.491 e. The van der Waals surface area contributed by atoms with Crippen molar-refractivity contribution in [2.24, 2.45) is 0 Å². The molecule has 4 unspecified atom stereocenters. The molecule has 3 N–H and O–H groups in total. The summed E-state index contributed by atoms with van der Waals surface area (Å²) in [5.74, 6) is 0.296. The summed E-state index contributed by atoms with van der Waals surface area (Å²) in [5, 5.41) is 25.9. The molecule has 32 heavy (non-hydrogen) atoms. The Morgan fingerprint density at radius 1 is 1.22 bits per heavy atom. The summed E-state index contributed by atoms with van der Waals surface area (Å²) >= 11 is 0. The van der Waals surface area contributed by atoms with Gasteiger partial charge >= 0.3 is 0 Å². The summed E-state index contributed by atoms with van der Waals surface area (Å²) in [4.78, 5) is 4.48. The Morgan fingerprint density at radius 2 is 2.06 bits per heavy atom. The van der Waals surface area contributed by atoms with Gasteiger partial charge in [0, 0.05) is 47.9 Å². The number of nitrogens with zero attached hydrogens (tertiary/aromatic N) is 2. The zero-order valence-electron chi connectivity index (χ0n) is 18.2. The van der Waals surface area contributed by atoms with Crippen molar-refractivity contribution in [3.05, 3.63) is 53.1 Å². The van der Waals surface area contributed by atoms with E-state index in [4.69, 9.17) is 9.47 Å². The Balaban J connectivity index is 1.46. The molecule has 7 nitrogen and oxygen atoms in total. The van der Waals surface area contributed by atoms with Crippen LogP contribution in [-0.4, -0.2) is 51.2 Å². The maximum absolute atomic E-state index is 14.9. The number of benzene rings is 1. The normalized spacial score (nSPS) is 25.2. The molecule has 0 bridgehead atoms. The van der Waals surface area contributed by atoms with Gasteiger partial charge in [-0.3, -0.25) is 0 Å². The number of rotatable bonds is 5. The lowest BCUT2D eigenvalue weighted by Gasteiger charge is -2.26. The molecule has 170 valence electrons. The number of nitrogens with one attached hydrogen (secondary N) is 1. The lowest BCUT2D eigenvalue weighted by atomic mass is 9.98. The van der Waals surface area contributed by atoms with Crippen molar-refractivity contribution < 1.29 is 24.1 Å². The molecule has 0 amide bonds.